The van der Waals surface area contributed by atoms with E-state index in [0.29, 0.717) is 24.9 Å². The number of nitrogens with zero attached hydrogens (tertiary/aromatic N) is 2. The van der Waals surface area contributed by atoms with Crippen LogP contribution in [-0.2, 0) is 6.54 Å². The highest BCUT2D eigenvalue weighted by atomic mass is 19.1. The highest BCUT2D eigenvalue weighted by molar-refractivity contribution is 5.84. The lowest BCUT2D eigenvalue weighted by Gasteiger charge is -2.26. The summed E-state index contributed by atoms with van der Waals surface area (Å²) in [5, 5.41) is 11.8. The van der Waals surface area contributed by atoms with Gasteiger partial charge in [0.25, 0.3) is 0 Å². The van der Waals surface area contributed by atoms with Crippen LogP contribution in [0.3, 0.4) is 0 Å². The van der Waals surface area contributed by atoms with Crippen LogP contribution >= 0.6 is 0 Å². The fourth-order valence-electron chi connectivity index (χ4n) is 2.03. The van der Waals surface area contributed by atoms with Crippen molar-refractivity contribution in [1.82, 2.24) is 4.90 Å². The van der Waals surface area contributed by atoms with Gasteiger partial charge in [-0.25, -0.2) is 8.78 Å². The summed E-state index contributed by atoms with van der Waals surface area (Å²) in [6, 6.07) is 3.56. The molecule has 0 unspecified atom stereocenters. The summed E-state index contributed by atoms with van der Waals surface area (Å²) < 4.78 is 26.0. The van der Waals surface area contributed by atoms with Crippen molar-refractivity contribution in [3.05, 3.63) is 35.4 Å². The molecule has 1 fully saturated rings. The first-order valence-corrected chi connectivity index (χ1v) is 5.54. The lowest BCUT2D eigenvalue weighted by molar-refractivity contribution is 0.255. The molecule has 2 rings (SSSR count). The summed E-state index contributed by atoms with van der Waals surface area (Å²) in [4.78, 5) is 2.09. The Labute approximate surface area is 98.3 Å². The van der Waals surface area contributed by atoms with E-state index >= 15 is 0 Å². The van der Waals surface area contributed by atoms with Crippen LogP contribution in [0.25, 0.3) is 0 Å². The number of rotatable bonds is 2. The molecular weight excluding hydrogens is 226 g/mol. The Kier molecular flexibility index (Phi) is 3.68. The molecule has 1 saturated heterocycles. The third-order valence-corrected chi connectivity index (χ3v) is 2.90. The number of hydrogen-bond acceptors (Lipinski definition) is 3. The van der Waals surface area contributed by atoms with Crippen molar-refractivity contribution in [2.24, 2.45) is 5.16 Å². The molecule has 1 heterocycles. The molecule has 1 aromatic carbocycles. The molecule has 0 amide bonds. The van der Waals surface area contributed by atoms with Gasteiger partial charge in [0.1, 0.15) is 11.6 Å². The Morgan fingerprint density at radius 1 is 1.12 bits per heavy atom. The van der Waals surface area contributed by atoms with E-state index in [1.807, 2.05) is 0 Å². The van der Waals surface area contributed by atoms with E-state index in [0.717, 1.165) is 24.9 Å². The normalized spacial score (nSPS) is 17.2. The molecule has 0 aliphatic carbocycles. The van der Waals surface area contributed by atoms with Gasteiger partial charge in [0.15, 0.2) is 0 Å². The predicted octanol–water partition coefficient (Wildman–Crippen LogP) is 2.39. The number of likely N-dealkylation sites (tertiary alicyclic amines) is 1. The molecule has 1 N–H and O–H groups in total. The average Bonchev–Trinajstić information content (AvgIpc) is 2.28. The van der Waals surface area contributed by atoms with Crippen LogP contribution in [0.1, 0.15) is 18.4 Å². The first kappa shape index (κ1) is 12.0. The maximum Gasteiger partial charge on any atom is 0.126 e. The van der Waals surface area contributed by atoms with E-state index in [2.05, 4.69) is 10.1 Å². The molecular formula is C12H14F2N2O. The van der Waals surface area contributed by atoms with Gasteiger partial charge in [0.2, 0.25) is 0 Å². The van der Waals surface area contributed by atoms with Gasteiger partial charge in [-0.2, -0.15) is 0 Å². The second-order valence-electron chi connectivity index (χ2n) is 4.22. The molecule has 0 atom stereocenters. The number of benzene rings is 1. The van der Waals surface area contributed by atoms with Crippen LogP contribution in [0.2, 0.25) is 0 Å². The smallest absolute Gasteiger partial charge is 0.126 e. The van der Waals surface area contributed by atoms with Crippen molar-refractivity contribution in [3.63, 3.8) is 0 Å². The van der Waals surface area contributed by atoms with E-state index in [1.165, 1.54) is 12.1 Å². The van der Waals surface area contributed by atoms with Crippen LogP contribution in [0, 0.1) is 11.6 Å². The molecule has 3 nitrogen and oxygen atoms in total. The Hall–Kier alpha value is -1.49. The summed E-state index contributed by atoms with van der Waals surface area (Å²) in [7, 11) is 0. The molecule has 0 aromatic heterocycles. The zero-order chi connectivity index (χ0) is 12.3. The SMILES string of the molecule is ON=C1CCN(Cc2cc(F)cc(F)c2)CC1. The molecule has 17 heavy (non-hydrogen) atoms. The molecule has 1 aliphatic rings. The number of piperidine rings is 1. The minimum Gasteiger partial charge on any atom is -0.411 e. The molecule has 1 aliphatic heterocycles. The van der Waals surface area contributed by atoms with Crippen LogP contribution in [0.4, 0.5) is 8.78 Å². The zero-order valence-electron chi connectivity index (χ0n) is 9.37. The summed E-state index contributed by atoms with van der Waals surface area (Å²) in [5.41, 5.74) is 1.42. The van der Waals surface area contributed by atoms with Crippen molar-refractivity contribution in [3.8, 4) is 0 Å². The van der Waals surface area contributed by atoms with Gasteiger partial charge in [0, 0.05) is 38.5 Å². The first-order chi connectivity index (χ1) is 8.17. The lowest BCUT2D eigenvalue weighted by Crippen LogP contribution is -2.33. The first-order valence-electron chi connectivity index (χ1n) is 5.54. The summed E-state index contributed by atoms with van der Waals surface area (Å²) in [5.74, 6) is -1.09. The molecule has 0 bridgehead atoms. The van der Waals surface area contributed by atoms with E-state index in [1.54, 1.807) is 0 Å². The standard InChI is InChI=1S/C12H14F2N2O/c13-10-5-9(6-11(14)7-10)8-16-3-1-12(15-17)2-4-16/h5-7,17H,1-4,8H2. The Morgan fingerprint density at radius 3 is 2.24 bits per heavy atom. The zero-order valence-corrected chi connectivity index (χ0v) is 9.37. The second-order valence-corrected chi connectivity index (χ2v) is 4.22. The van der Waals surface area contributed by atoms with Crippen molar-refractivity contribution >= 4 is 5.71 Å². The van der Waals surface area contributed by atoms with Gasteiger partial charge in [-0.3, -0.25) is 4.90 Å². The lowest BCUT2D eigenvalue weighted by atomic mass is 10.1. The maximum atomic E-state index is 13.0. The average molecular weight is 240 g/mol. The molecule has 0 saturated carbocycles. The van der Waals surface area contributed by atoms with Crippen molar-refractivity contribution in [1.29, 1.82) is 0 Å². The minimum absolute atomic E-state index is 0.521. The molecule has 92 valence electrons. The molecule has 0 radical (unpaired) electrons. The Balaban J connectivity index is 1.97. The number of oxime groups is 1. The van der Waals surface area contributed by atoms with Gasteiger partial charge in [-0.1, -0.05) is 5.16 Å². The van der Waals surface area contributed by atoms with Gasteiger partial charge >= 0.3 is 0 Å². The fourth-order valence-corrected chi connectivity index (χ4v) is 2.03. The molecule has 5 heteroatoms. The minimum atomic E-state index is -0.547. The fraction of sp³-hybridized carbons (Fsp3) is 0.417. The monoisotopic (exact) mass is 240 g/mol. The highest BCUT2D eigenvalue weighted by Crippen LogP contribution is 2.14. The van der Waals surface area contributed by atoms with Gasteiger partial charge in [0.05, 0.1) is 5.71 Å². The number of halogens is 2. The van der Waals surface area contributed by atoms with E-state index in [4.69, 9.17) is 5.21 Å². The van der Waals surface area contributed by atoms with Crippen LogP contribution in [0.5, 0.6) is 0 Å². The van der Waals surface area contributed by atoms with E-state index < -0.39 is 11.6 Å². The van der Waals surface area contributed by atoms with Gasteiger partial charge < -0.3 is 5.21 Å². The van der Waals surface area contributed by atoms with Gasteiger partial charge in [-0.15, -0.1) is 0 Å². The van der Waals surface area contributed by atoms with E-state index in [-0.39, 0.29) is 0 Å². The van der Waals surface area contributed by atoms with E-state index in [9.17, 15) is 8.78 Å². The maximum absolute atomic E-state index is 13.0. The van der Waals surface area contributed by atoms with Crippen LogP contribution in [-0.4, -0.2) is 28.9 Å². The van der Waals surface area contributed by atoms with Crippen molar-refractivity contribution < 1.29 is 14.0 Å². The summed E-state index contributed by atoms with van der Waals surface area (Å²) in [6.07, 6.45) is 1.41. The number of hydrogen-bond donors (Lipinski definition) is 1. The van der Waals surface area contributed by atoms with Gasteiger partial charge in [-0.05, 0) is 17.7 Å². The topological polar surface area (TPSA) is 35.8 Å². The Bertz CT molecular complexity index is 404. The van der Waals surface area contributed by atoms with Crippen LogP contribution < -0.4 is 0 Å². The summed E-state index contributed by atoms with van der Waals surface area (Å²) in [6.45, 7) is 2.02. The highest BCUT2D eigenvalue weighted by Gasteiger charge is 2.15. The Morgan fingerprint density at radius 2 is 1.71 bits per heavy atom. The quantitative estimate of drug-likeness (QED) is 0.636. The summed E-state index contributed by atoms with van der Waals surface area (Å²) >= 11 is 0. The third kappa shape index (κ3) is 3.23. The largest absolute Gasteiger partial charge is 0.411 e. The van der Waals surface area contributed by atoms with Crippen LogP contribution in [0.15, 0.2) is 23.4 Å². The van der Waals surface area contributed by atoms with Crippen molar-refractivity contribution in [2.45, 2.75) is 19.4 Å². The third-order valence-electron chi connectivity index (χ3n) is 2.90. The van der Waals surface area contributed by atoms with Crippen molar-refractivity contribution in [2.75, 3.05) is 13.1 Å². The molecule has 1 aromatic rings. The molecule has 0 spiro atoms. The second kappa shape index (κ2) is 5.23. The predicted molar refractivity (Wildman–Crippen MR) is 60.1 cm³/mol.